The van der Waals surface area contributed by atoms with Crippen LogP contribution in [0.1, 0.15) is 24.4 Å². The number of sulfonamides is 1. The van der Waals surface area contributed by atoms with Gasteiger partial charge >= 0.3 is 0 Å². The van der Waals surface area contributed by atoms with Gasteiger partial charge < -0.3 is 14.6 Å². The minimum Gasteiger partial charge on any atom is -0.438 e. The first kappa shape index (κ1) is 19.4. The Morgan fingerprint density at radius 1 is 1.20 bits per heavy atom. The lowest BCUT2D eigenvalue weighted by Crippen LogP contribution is -2.51. The topological polar surface area (TPSA) is 112 Å². The highest BCUT2D eigenvalue weighted by atomic mass is 32.2. The molecule has 0 aliphatic carbocycles. The van der Waals surface area contributed by atoms with Gasteiger partial charge in [0.2, 0.25) is 11.0 Å². The maximum atomic E-state index is 12.4. The van der Waals surface area contributed by atoms with Gasteiger partial charge in [-0.25, -0.2) is 13.1 Å². The number of piperazine rings is 1. The van der Waals surface area contributed by atoms with E-state index in [1.54, 1.807) is 4.90 Å². The number of nitrogens with one attached hydrogen (secondary N) is 2. The van der Waals surface area contributed by atoms with Gasteiger partial charge in [0.1, 0.15) is 0 Å². The molecule has 25 heavy (non-hydrogen) atoms. The zero-order valence-electron chi connectivity index (χ0n) is 14.6. The minimum atomic E-state index is -3.71. The van der Waals surface area contributed by atoms with Crippen LogP contribution in [0.25, 0.3) is 0 Å². The standard InChI is InChI=1S/C15H24N4O5S/c1-11(2)17-13(20)10-18-6-8-19(9-7-18)15(21)12-4-5-14(24-12)25(22,23)16-3/h4-5,11,16H,6-10H2,1-3H3,(H,17,20). The van der Waals surface area contributed by atoms with Gasteiger partial charge in [-0.1, -0.05) is 0 Å². The first-order valence-corrected chi connectivity index (χ1v) is 9.55. The summed E-state index contributed by atoms with van der Waals surface area (Å²) in [6.45, 7) is 6.14. The van der Waals surface area contributed by atoms with E-state index in [1.165, 1.54) is 19.2 Å². The van der Waals surface area contributed by atoms with Crippen molar-refractivity contribution in [2.75, 3.05) is 39.8 Å². The van der Waals surface area contributed by atoms with E-state index in [4.69, 9.17) is 4.42 Å². The van der Waals surface area contributed by atoms with Gasteiger partial charge in [-0.05, 0) is 33.0 Å². The van der Waals surface area contributed by atoms with Gasteiger partial charge in [0.25, 0.3) is 15.9 Å². The largest absolute Gasteiger partial charge is 0.438 e. The second kappa shape index (κ2) is 7.98. The molecule has 140 valence electrons. The van der Waals surface area contributed by atoms with Crippen LogP contribution >= 0.6 is 0 Å². The fraction of sp³-hybridized carbons (Fsp3) is 0.600. The molecule has 1 aliphatic heterocycles. The molecule has 1 saturated heterocycles. The summed E-state index contributed by atoms with van der Waals surface area (Å²) in [4.78, 5) is 27.8. The van der Waals surface area contributed by atoms with E-state index in [9.17, 15) is 18.0 Å². The summed E-state index contributed by atoms with van der Waals surface area (Å²) < 4.78 is 30.6. The van der Waals surface area contributed by atoms with Crippen LogP contribution in [0, 0.1) is 0 Å². The Morgan fingerprint density at radius 2 is 1.84 bits per heavy atom. The summed E-state index contributed by atoms with van der Waals surface area (Å²) in [7, 11) is -2.44. The quantitative estimate of drug-likeness (QED) is 0.694. The Balaban J connectivity index is 1.90. The Kier molecular flexibility index (Phi) is 6.20. The van der Waals surface area contributed by atoms with E-state index in [2.05, 4.69) is 10.0 Å². The van der Waals surface area contributed by atoms with Crippen LogP contribution in [-0.2, 0) is 14.8 Å². The van der Waals surface area contributed by atoms with Crippen molar-refractivity contribution in [3.05, 3.63) is 17.9 Å². The molecule has 0 spiro atoms. The number of nitrogens with zero attached hydrogens (tertiary/aromatic N) is 2. The molecule has 2 amide bonds. The van der Waals surface area contributed by atoms with Gasteiger partial charge in [0, 0.05) is 32.2 Å². The van der Waals surface area contributed by atoms with Crippen LogP contribution in [-0.4, -0.2) is 75.8 Å². The molecule has 9 nitrogen and oxygen atoms in total. The minimum absolute atomic E-state index is 0.0141. The number of carbonyl (C=O) groups is 2. The van der Waals surface area contributed by atoms with Crippen LogP contribution < -0.4 is 10.0 Å². The average molecular weight is 372 g/mol. The summed E-state index contributed by atoms with van der Waals surface area (Å²) in [5.74, 6) is -0.411. The molecule has 2 rings (SSSR count). The van der Waals surface area contributed by atoms with Gasteiger partial charge in [-0.3, -0.25) is 14.5 Å². The highest BCUT2D eigenvalue weighted by Gasteiger charge is 2.26. The molecule has 1 fully saturated rings. The van der Waals surface area contributed by atoms with Crippen LogP contribution in [0.3, 0.4) is 0 Å². The van der Waals surface area contributed by atoms with E-state index in [0.717, 1.165) is 0 Å². The molecule has 0 bridgehead atoms. The number of carbonyl (C=O) groups excluding carboxylic acids is 2. The summed E-state index contributed by atoms with van der Waals surface area (Å²) in [6, 6.07) is 2.71. The molecular formula is C15H24N4O5S. The number of hydrogen-bond donors (Lipinski definition) is 2. The van der Waals surface area contributed by atoms with Crippen LogP contribution in [0.5, 0.6) is 0 Å². The Hall–Kier alpha value is -1.91. The molecule has 0 aromatic carbocycles. The van der Waals surface area contributed by atoms with Gasteiger partial charge in [0.15, 0.2) is 5.76 Å². The van der Waals surface area contributed by atoms with Crippen molar-refractivity contribution in [3.63, 3.8) is 0 Å². The smallest absolute Gasteiger partial charge is 0.289 e. The van der Waals surface area contributed by atoms with E-state index in [0.29, 0.717) is 32.7 Å². The molecule has 0 radical (unpaired) electrons. The monoisotopic (exact) mass is 372 g/mol. The third kappa shape index (κ3) is 5.03. The maximum Gasteiger partial charge on any atom is 0.289 e. The van der Waals surface area contributed by atoms with Crippen molar-refractivity contribution in [3.8, 4) is 0 Å². The molecule has 0 unspecified atom stereocenters. The van der Waals surface area contributed by atoms with E-state index < -0.39 is 10.0 Å². The van der Waals surface area contributed by atoms with Gasteiger partial charge in [0.05, 0.1) is 6.54 Å². The third-order valence-electron chi connectivity index (χ3n) is 3.80. The molecule has 1 aliphatic rings. The maximum absolute atomic E-state index is 12.4. The van der Waals surface area contributed by atoms with E-state index in [-0.39, 0.29) is 28.7 Å². The first-order valence-electron chi connectivity index (χ1n) is 8.07. The predicted molar refractivity (Wildman–Crippen MR) is 90.6 cm³/mol. The fourth-order valence-electron chi connectivity index (χ4n) is 2.52. The Morgan fingerprint density at radius 3 is 2.40 bits per heavy atom. The Bertz CT molecular complexity index is 720. The highest BCUT2D eigenvalue weighted by Crippen LogP contribution is 2.16. The van der Waals surface area contributed by atoms with E-state index >= 15 is 0 Å². The fourth-order valence-corrected chi connectivity index (χ4v) is 3.16. The lowest BCUT2D eigenvalue weighted by molar-refractivity contribution is -0.123. The average Bonchev–Trinajstić information content (AvgIpc) is 3.05. The summed E-state index contributed by atoms with van der Waals surface area (Å²) in [6.07, 6.45) is 0. The van der Waals surface area contributed by atoms with Gasteiger partial charge in [-0.2, -0.15) is 0 Å². The van der Waals surface area contributed by atoms with Crippen LogP contribution in [0.15, 0.2) is 21.6 Å². The van der Waals surface area contributed by atoms with Crippen LogP contribution in [0.4, 0.5) is 0 Å². The van der Waals surface area contributed by atoms with Crippen molar-refractivity contribution in [1.29, 1.82) is 0 Å². The van der Waals surface area contributed by atoms with Crippen molar-refractivity contribution >= 4 is 21.8 Å². The SMILES string of the molecule is CNS(=O)(=O)c1ccc(C(=O)N2CCN(CC(=O)NC(C)C)CC2)o1. The molecule has 1 aromatic heterocycles. The molecule has 10 heteroatoms. The lowest BCUT2D eigenvalue weighted by atomic mass is 10.2. The first-order chi connectivity index (χ1) is 11.7. The van der Waals surface area contributed by atoms with Crippen molar-refractivity contribution in [2.45, 2.75) is 25.0 Å². The highest BCUT2D eigenvalue weighted by molar-refractivity contribution is 7.89. The lowest BCUT2D eigenvalue weighted by Gasteiger charge is -2.33. The third-order valence-corrected chi connectivity index (χ3v) is 5.09. The number of furan rings is 1. The molecule has 0 saturated carbocycles. The summed E-state index contributed by atoms with van der Waals surface area (Å²) in [5.41, 5.74) is 0. The zero-order valence-corrected chi connectivity index (χ0v) is 15.4. The molecular weight excluding hydrogens is 348 g/mol. The summed E-state index contributed by atoms with van der Waals surface area (Å²) >= 11 is 0. The van der Waals surface area contributed by atoms with Crippen molar-refractivity contribution in [1.82, 2.24) is 19.8 Å². The second-order valence-electron chi connectivity index (χ2n) is 6.12. The number of amides is 2. The van der Waals surface area contributed by atoms with Gasteiger partial charge in [-0.15, -0.1) is 0 Å². The van der Waals surface area contributed by atoms with Crippen molar-refractivity contribution in [2.24, 2.45) is 0 Å². The zero-order chi connectivity index (χ0) is 18.6. The second-order valence-corrected chi connectivity index (χ2v) is 7.93. The molecule has 2 heterocycles. The normalized spacial score (nSPS) is 16.2. The number of rotatable bonds is 6. The number of hydrogen-bond acceptors (Lipinski definition) is 6. The summed E-state index contributed by atoms with van der Waals surface area (Å²) in [5, 5.41) is 2.54. The predicted octanol–water partition coefficient (Wildman–Crippen LogP) is -0.530. The van der Waals surface area contributed by atoms with Crippen LogP contribution in [0.2, 0.25) is 0 Å². The Labute approximate surface area is 147 Å². The van der Waals surface area contributed by atoms with Crippen molar-refractivity contribution < 1.29 is 22.4 Å². The molecule has 2 N–H and O–H groups in total. The van der Waals surface area contributed by atoms with E-state index in [1.807, 2.05) is 18.7 Å². The molecule has 0 atom stereocenters. The molecule has 1 aromatic rings.